The number of aromatic amines is 1. The summed E-state index contributed by atoms with van der Waals surface area (Å²) in [4.78, 5) is 0. The fraction of sp³-hybridized carbons (Fsp3) is 0.357. The van der Waals surface area contributed by atoms with Crippen LogP contribution in [0.2, 0.25) is 0 Å². The van der Waals surface area contributed by atoms with E-state index in [9.17, 15) is 8.42 Å². The maximum absolute atomic E-state index is 12.7. The minimum Gasteiger partial charge on any atom is -0.310 e. The molecule has 1 saturated carbocycles. The molecule has 6 nitrogen and oxygen atoms in total. The van der Waals surface area contributed by atoms with Crippen molar-refractivity contribution in [3.05, 3.63) is 42.1 Å². The van der Waals surface area contributed by atoms with Gasteiger partial charge < -0.3 is 5.32 Å². The highest BCUT2D eigenvalue weighted by molar-refractivity contribution is 7.92. The lowest BCUT2D eigenvalue weighted by atomic mass is 10.3. The third-order valence-corrected chi connectivity index (χ3v) is 5.38. The number of para-hydroxylation sites is 1. The second kappa shape index (κ2) is 5.50. The molecule has 2 N–H and O–H groups in total. The second-order valence-electron chi connectivity index (χ2n) is 5.19. The average Bonchev–Trinajstić information content (AvgIpc) is 3.20. The molecule has 0 saturated heterocycles. The van der Waals surface area contributed by atoms with Gasteiger partial charge in [-0.25, -0.2) is 0 Å². The van der Waals surface area contributed by atoms with Crippen molar-refractivity contribution in [2.24, 2.45) is 0 Å². The minimum atomic E-state index is -3.63. The van der Waals surface area contributed by atoms with Crippen LogP contribution in [0.4, 0.5) is 5.69 Å². The van der Waals surface area contributed by atoms with Crippen LogP contribution in [0.15, 0.2) is 41.6 Å². The molecule has 1 aliphatic carbocycles. The van der Waals surface area contributed by atoms with E-state index in [1.165, 1.54) is 4.31 Å². The van der Waals surface area contributed by atoms with E-state index in [1.54, 1.807) is 25.4 Å². The van der Waals surface area contributed by atoms with Gasteiger partial charge in [-0.3, -0.25) is 9.40 Å². The van der Waals surface area contributed by atoms with E-state index in [2.05, 4.69) is 15.5 Å². The topological polar surface area (TPSA) is 78.1 Å². The molecule has 0 unspecified atom stereocenters. The van der Waals surface area contributed by atoms with E-state index in [0.717, 1.165) is 12.8 Å². The van der Waals surface area contributed by atoms with Gasteiger partial charge in [0.15, 0.2) is 5.03 Å². The van der Waals surface area contributed by atoms with Crippen molar-refractivity contribution < 1.29 is 8.42 Å². The number of H-pyrrole nitrogens is 1. The monoisotopic (exact) mass is 306 g/mol. The molecule has 1 heterocycles. The Morgan fingerprint density at radius 2 is 2.05 bits per heavy atom. The minimum absolute atomic E-state index is 0.155. The molecule has 1 aromatic carbocycles. The third kappa shape index (κ3) is 2.93. The first-order chi connectivity index (χ1) is 10.1. The molecule has 0 radical (unpaired) electrons. The maximum Gasteiger partial charge on any atom is 0.281 e. The maximum atomic E-state index is 12.7. The summed E-state index contributed by atoms with van der Waals surface area (Å²) in [7, 11) is -2.09. The zero-order valence-corrected chi connectivity index (χ0v) is 12.6. The normalized spacial score (nSPS) is 15.1. The Balaban J connectivity index is 1.85. The molecule has 7 heteroatoms. The molecular formula is C14H18N4O2S. The number of rotatable bonds is 6. The lowest BCUT2D eigenvalue weighted by Crippen LogP contribution is -2.28. The van der Waals surface area contributed by atoms with Gasteiger partial charge in [0.05, 0.1) is 11.9 Å². The van der Waals surface area contributed by atoms with E-state index >= 15 is 0 Å². The number of benzene rings is 1. The molecule has 0 atom stereocenters. The zero-order valence-electron chi connectivity index (χ0n) is 11.8. The fourth-order valence-electron chi connectivity index (χ4n) is 2.10. The number of hydrogen-bond donors (Lipinski definition) is 2. The number of nitrogens with zero attached hydrogens (tertiary/aromatic N) is 2. The zero-order chi connectivity index (χ0) is 14.9. The Morgan fingerprint density at radius 3 is 2.71 bits per heavy atom. The smallest absolute Gasteiger partial charge is 0.281 e. The van der Waals surface area contributed by atoms with Crippen molar-refractivity contribution in [1.29, 1.82) is 0 Å². The first kappa shape index (κ1) is 14.1. The first-order valence-corrected chi connectivity index (χ1v) is 8.32. The van der Waals surface area contributed by atoms with Crippen LogP contribution in [0.1, 0.15) is 18.4 Å². The highest BCUT2D eigenvalue weighted by Crippen LogP contribution is 2.24. The summed E-state index contributed by atoms with van der Waals surface area (Å²) in [5.41, 5.74) is 1.29. The number of sulfonamides is 1. The molecule has 1 aromatic heterocycles. The summed E-state index contributed by atoms with van der Waals surface area (Å²) in [5, 5.41) is 9.98. The average molecular weight is 306 g/mol. The molecule has 1 fully saturated rings. The van der Waals surface area contributed by atoms with Gasteiger partial charge in [0.1, 0.15) is 0 Å². The molecule has 0 spiro atoms. The van der Waals surface area contributed by atoms with Gasteiger partial charge >= 0.3 is 0 Å². The van der Waals surface area contributed by atoms with Gasteiger partial charge in [0, 0.05) is 25.2 Å². The number of aromatic nitrogens is 2. The van der Waals surface area contributed by atoms with E-state index < -0.39 is 10.0 Å². The standard InChI is InChI=1S/C14H18N4O2S/c1-18(13-5-3-2-4-6-13)21(19,20)14-11(10-16-17-14)9-15-12-7-8-12/h2-6,10,12,15H,7-9H2,1H3,(H,16,17). The van der Waals surface area contributed by atoms with Crippen LogP contribution in [0, 0.1) is 0 Å². The molecule has 2 aromatic rings. The Labute approximate surface area is 124 Å². The van der Waals surface area contributed by atoms with Crippen molar-refractivity contribution in [3.8, 4) is 0 Å². The lowest BCUT2D eigenvalue weighted by Gasteiger charge is -2.19. The molecule has 21 heavy (non-hydrogen) atoms. The SMILES string of the molecule is CN(c1ccccc1)S(=O)(=O)c1[nH]ncc1CNC1CC1. The molecule has 0 amide bonds. The van der Waals surface area contributed by atoms with Gasteiger partial charge in [-0.1, -0.05) is 18.2 Å². The third-order valence-electron chi connectivity index (χ3n) is 3.57. The summed E-state index contributed by atoms with van der Waals surface area (Å²) in [6.07, 6.45) is 3.88. The predicted molar refractivity (Wildman–Crippen MR) is 80.5 cm³/mol. The van der Waals surface area contributed by atoms with Crippen LogP contribution in [0.25, 0.3) is 0 Å². The van der Waals surface area contributed by atoms with Crippen molar-refractivity contribution in [2.75, 3.05) is 11.4 Å². The number of anilines is 1. The second-order valence-corrected chi connectivity index (χ2v) is 7.09. The van der Waals surface area contributed by atoms with Crippen molar-refractivity contribution in [3.63, 3.8) is 0 Å². The highest BCUT2D eigenvalue weighted by Gasteiger charge is 2.27. The fourth-order valence-corrected chi connectivity index (χ4v) is 3.40. The van der Waals surface area contributed by atoms with E-state index in [4.69, 9.17) is 0 Å². The van der Waals surface area contributed by atoms with Gasteiger partial charge in [-0.15, -0.1) is 0 Å². The van der Waals surface area contributed by atoms with Gasteiger partial charge in [0.25, 0.3) is 10.0 Å². The van der Waals surface area contributed by atoms with Crippen LogP contribution < -0.4 is 9.62 Å². The summed E-state index contributed by atoms with van der Waals surface area (Å²) in [6.45, 7) is 0.512. The van der Waals surface area contributed by atoms with Gasteiger partial charge in [-0.05, 0) is 25.0 Å². The van der Waals surface area contributed by atoms with Crippen molar-refractivity contribution in [2.45, 2.75) is 30.5 Å². The van der Waals surface area contributed by atoms with Crippen LogP contribution in [0.3, 0.4) is 0 Å². The van der Waals surface area contributed by atoms with Gasteiger partial charge in [-0.2, -0.15) is 13.5 Å². The quantitative estimate of drug-likeness (QED) is 0.847. The number of hydrogen-bond acceptors (Lipinski definition) is 4. The highest BCUT2D eigenvalue weighted by atomic mass is 32.2. The molecule has 3 rings (SSSR count). The molecule has 1 aliphatic rings. The molecular weight excluding hydrogens is 288 g/mol. The van der Waals surface area contributed by atoms with Gasteiger partial charge in [0.2, 0.25) is 0 Å². The van der Waals surface area contributed by atoms with Crippen molar-refractivity contribution >= 4 is 15.7 Å². The van der Waals surface area contributed by atoms with E-state index in [-0.39, 0.29) is 5.03 Å². The lowest BCUT2D eigenvalue weighted by molar-refractivity contribution is 0.586. The first-order valence-electron chi connectivity index (χ1n) is 6.88. The Morgan fingerprint density at radius 1 is 1.33 bits per heavy atom. The number of nitrogens with one attached hydrogen (secondary N) is 2. The molecule has 112 valence electrons. The molecule has 0 aliphatic heterocycles. The van der Waals surface area contributed by atoms with Crippen LogP contribution in [-0.2, 0) is 16.6 Å². The predicted octanol–water partition coefficient (Wildman–Crippen LogP) is 1.49. The molecule has 0 bridgehead atoms. The summed E-state index contributed by atoms with van der Waals surface area (Å²) >= 11 is 0. The summed E-state index contributed by atoms with van der Waals surface area (Å²) in [6, 6.07) is 9.51. The van der Waals surface area contributed by atoms with Crippen molar-refractivity contribution in [1.82, 2.24) is 15.5 Å². The Hall–Kier alpha value is -1.86. The van der Waals surface area contributed by atoms with Crippen LogP contribution in [0.5, 0.6) is 0 Å². The Kier molecular flexibility index (Phi) is 3.69. The Bertz CT molecular complexity index is 708. The summed E-state index contributed by atoms with van der Waals surface area (Å²) in [5.74, 6) is 0. The van der Waals surface area contributed by atoms with E-state index in [1.807, 2.05) is 18.2 Å². The van der Waals surface area contributed by atoms with E-state index in [0.29, 0.717) is 23.8 Å². The summed E-state index contributed by atoms with van der Waals surface area (Å²) < 4.78 is 26.7. The largest absolute Gasteiger partial charge is 0.310 e. The van der Waals surface area contributed by atoms with Crippen LogP contribution >= 0.6 is 0 Å². The van der Waals surface area contributed by atoms with Crippen LogP contribution in [-0.4, -0.2) is 31.7 Å².